The average Bonchev–Trinajstić information content (AvgIpc) is 3.45. The fourth-order valence-corrected chi connectivity index (χ4v) is 3.35. The number of halogens is 2. The van der Waals surface area contributed by atoms with E-state index in [0.29, 0.717) is 29.6 Å². The molecule has 9 nitrogen and oxygen atoms in total. The maximum Gasteiger partial charge on any atom is 0.231 e. The van der Waals surface area contributed by atoms with Crippen LogP contribution in [-0.2, 0) is 17.8 Å². The fourth-order valence-electron chi connectivity index (χ4n) is 3.35. The van der Waals surface area contributed by atoms with Gasteiger partial charge in [0.1, 0.15) is 5.82 Å². The molecule has 0 atom stereocenters. The second-order valence-corrected chi connectivity index (χ2v) is 7.32. The van der Waals surface area contributed by atoms with E-state index in [1.807, 2.05) is 18.2 Å². The monoisotopic (exact) mass is 452 g/mol. The molecule has 0 spiro atoms. The third kappa shape index (κ3) is 4.52. The fraction of sp³-hybridized carbons (Fsp3) is 0.182. The lowest BCUT2D eigenvalue weighted by Crippen LogP contribution is -2.14. The number of anilines is 2. The summed E-state index contributed by atoms with van der Waals surface area (Å²) in [5, 5.41) is 18.5. The van der Waals surface area contributed by atoms with Crippen molar-refractivity contribution in [2.24, 2.45) is 0 Å². The Morgan fingerprint density at radius 2 is 1.88 bits per heavy atom. The lowest BCUT2D eigenvalue weighted by molar-refractivity contribution is -0.116. The number of fused-ring (bicyclic) bond motifs is 2. The highest BCUT2D eigenvalue weighted by Crippen LogP contribution is 2.32. The lowest BCUT2D eigenvalue weighted by atomic mass is 10.2. The van der Waals surface area contributed by atoms with E-state index >= 15 is 0 Å². The van der Waals surface area contributed by atoms with E-state index in [1.165, 1.54) is 6.07 Å². The summed E-state index contributed by atoms with van der Waals surface area (Å²) in [5.41, 5.74) is 1.72. The highest BCUT2D eigenvalue weighted by Gasteiger charge is 2.14. The predicted molar refractivity (Wildman–Crippen MR) is 114 cm³/mol. The summed E-state index contributed by atoms with van der Waals surface area (Å²) in [7, 11) is 0. The minimum atomic E-state index is -1.03. The molecule has 1 aliphatic rings. The topological polar surface area (TPSA) is 103 Å². The van der Waals surface area contributed by atoms with Crippen molar-refractivity contribution < 1.29 is 23.0 Å². The van der Waals surface area contributed by atoms with Crippen LogP contribution in [0.5, 0.6) is 11.5 Å². The number of carbonyl (C=O) groups is 1. The van der Waals surface area contributed by atoms with Gasteiger partial charge in [-0.25, -0.2) is 8.78 Å². The minimum absolute atomic E-state index is 0.0658. The zero-order chi connectivity index (χ0) is 22.8. The molecule has 33 heavy (non-hydrogen) atoms. The van der Waals surface area contributed by atoms with E-state index < -0.39 is 11.6 Å². The van der Waals surface area contributed by atoms with E-state index in [4.69, 9.17) is 9.47 Å². The average molecular weight is 452 g/mol. The second kappa shape index (κ2) is 8.69. The highest BCUT2D eigenvalue weighted by atomic mass is 19.2. The van der Waals surface area contributed by atoms with Gasteiger partial charge < -0.3 is 20.1 Å². The van der Waals surface area contributed by atoms with Gasteiger partial charge in [0.15, 0.2) is 34.6 Å². The van der Waals surface area contributed by atoms with Crippen molar-refractivity contribution >= 4 is 23.1 Å². The summed E-state index contributed by atoms with van der Waals surface area (Å²) in [6.07, 6.45) is 0.325. The van der Waals surface area contributed by atoms with Gasteiger partial charge in [-0.1, -0.05) is 6.07 Å². The molecule has 5 rings (SSSR count). The maximum absolute atomic E-state index is 13.3. The van der Waals surface area contributed by atoms with Gasteiger partial charge in [0.2, 0.25) is 12.7 Å². The molecular formula is C22H18F2N6O3. The van der Waals surface area contributed by atoms with Crippen LogP contribution in [-0.4, -0.2) is 32.5 Å². The predicted octanol–water partition coefficient (Wildman–Crippen LogP) is 3.31. The van der Waals surface area contributed by atoms with Crippen LogP contribution in [0.15, 0.2) is 48.5 Å². The van der Waals surface area contributed by atoms with E-state index in [-0.39, 0.29) is 31.2 Å². The SMILES string of the molecule is O=C(CCc1nnc2ccc(NCc3ccc4c(c3)OCO4)nn12)Nc1ccc(F)c(F)c1. The Morgan fingerprint density at radius 3 is 2.76 bits per heavy atom. The number of amides is 1. The zero-order valence-corrected chi connectivity index (χ0v) is 17.2. The normalized spacial score (nSPS) is 12.2. The molecule has 2 aromatic heterocycles. The van der Waals surface area contributed by atoms with Crippen molar-refractivity contribution in [1.29, 1.82) is 0 Å². The summed E-state index contributed by atoms with van der Waals surface area (Å²) < 4.78 is 38.6. The van der Waals surface area contributed by atoms with Gasteiger partial charge in [0.25, 0.3) is 0 Å². The van der Waals surface area contributed by atoms with Gasteiger partial charge >= 0.3 is 0 Å². The standard InChI is InChI=1S/C22H18F2N6O3/c23-15-3-2-14(10-16(15)24)26-22(31)8-7-21-28-27-20-6-5-19(29-30(20)21)25-11-13-1-4-17-18(9-13)33-12-32-17/h1-6,9-10H,7-8,11-12H2,(H,25,29)(H,26,31). The molecule has 2 aromatic carbocycles. The molecule has 0 fully saturated rings. The van der Waals surface area contributed by atoms with Crippen LogP contribution >= 0.6 is 0 Å². The largest absolute Gasteiger partial charge is 0.454 e. The molecule has 0 saturated carbocycles. The number of nitrogens with zero attached hydrogens (tertiary/aromatic N) is 4. The summed E-state index contributed by atoms with van der Waals surface area (Å²) in [5.74, 6) is 0.166. The van der Waals surface area contributed by atoms with Crippen molar-refractivity contribution in [2.45, 2.75) is 19.4 Å². The van der Waals surface area contributed by atoms with Crippen LogP contribution in [0.3, 0.4) is 0 Å². The Kier molecular flexibility index (Phi) is 5.43. The molecule has 0 bridgehead atoms. The molecule has 1 amide bonds. The second-order valence-electron chi connectivity index (χ2n) is 7.32. The van der Waals surface area contributed by atoms with E-state index in [2.05, 4.69) is 25.9 Å². The number of nitrogens with one attached hydrogen (secondary N) is 2. The van der Waals surface area contributed by atoms with Gasteiger partial charge in [-0.15, -0.1) is 15.3 Å². The Hall–Kier alpha value is -4.28. The van der Waals surface area contributed by atoms with Crippen LogP contribution in [0, 0.1) is 11.6 Å². The first kappa shape index (κ1) is 20.6. The first-order valence-electron chi connectivity index (χ1n) is 10.1. The van der Waals surface area contributed by atoms with Gasteiger partial charge in [0.05, 0.1) is 0 Å². The Bertz CT molecular complexity index is 1340. The number of carbonyl (C=O) groups excluding carboxylic acids is 1. The van der Waals surface area contributed by atoms with Crippen LogP contribution in [0.25, 0.3) is 5.65 Å². The van der Waals surface area contributed by atoms with Crippen molar-refractivity contribution in [3.05, 3.63) is 71.6 Å². The van der Waals surface area contributed by atoms with Crippen LogP contribution in [0.1, 0.15) is 17.8 Å². The van der Waals surface area contributed by atoms with Crippen LogP contribution in [0.2, 0.25) is 0 Å². The van der Waals surface area contributed by atoms with E-state index in [9.17, 15) is 13.6 Å². The maximum atomic E-state index is 13.3. The minimum Gasteiger partial charge on any atom is -0.454 e. The molecule has 0 aliphatic carbocycles. The Morgan fingerprint density at radius 1 is 1.00 bits per heavy atom. The van der Waals surface area contributed by atoms with Crippen molar-refractivity contribution in [1.82, 2.24) is 19.8 Å². The third-order valence-corrected chi connectivity index (χ3v) is 5.02. The van der Waals surface area contributed by atoms with Crippen LogP contribution < -0.4 is 20.1 Å². The van der Waals surface area contributed by atoms with E-state index in [0.717, 1.165) is 23.4 Å². The van der Waals surface area contributed by atoms with Crippen LogP contribution in [0.4, 0.5) is 20.3 Å². The number of hydrogen-bond acceptors (Lipinski definition) is 7. The number of rotatable bonds is 7. The summed E-state index contributed by atoms with van der Waals surface area (Å²) in [6.45, 7) is 0.739. The Balaban J connectivity index is 1.22. The molecule has 0 unspecified atom stereocenters. The zero-order valence-electron chi connectivity index (χ0n) is 17.2. The molecule has 4 aromatic rings. The molecular weight excluding hydrogens is 434 g/mol. The van der Waals surface area contributed by atoms with Gasteiger partial charge in [-0.2, -0.15) is 4.52 Å². The molecule has 0 saturated heterocycles. The molecule has 1 aliphatic heterocycles. The number of ether oxygens (including phenoxy) is 2. The smallest absolute Gasteiger partial charge is 0.231 e. The Labute approximate surface area is 186 Å². The molecule has 168 valence electrons. The first-order valence-corrected chi connectivity index (χ1v) is 10.1. The number of aromatic nitrogens is 4. The lowest BCUT2D eigenvalue weighted by Gasteiger charge is -2.08. The van der Waals surface area contributed by atoms with E-state index in [1.54, 1.807) is 16.6 Å². The summed E-state index contributed by atoms with van der Waals surface area (Å²) in [6, 6.07) is 12.4. The van der Waals surface area contributed by atoms with Crippen molar-refractivity contribution in [3.8, 4) is 11.5 Å². The van der Waals surface area contributed by atoms with Gasteiger partial charge in [-0.05, 0) is 42.0 Å². The van der Waals surface area contributed by atoms with Gasteiger partial charge in [0, 0.05) is 31.1 Å². The number of benzene rings is 2. The van der Waals surface area contributed by atoms with Crippen molar-refractivity contribution in [2.75, 3.05) is 17.4 Å². The molecule has 3 heterocycles. The highest BCUT2D eigenvalue weighted by molar-refractivity contribution is 5.90. The third-order valence-electron chi connectivity index (χ3n) is 5.02. The first-order chi connectivity index (χ1) is 16.0. The quantitative estimate of drug-likeness (QED) is 0.444. The molecule has 0 radical (unpaired) electrons. The van der Waals surface area contributed by atoms with Crippen molar-refractivity contribution in [3.63, 3.8) is 0 Å². The summed E-state index contributed by atoms with van der Waals surface area (Å²) in [4.78, 5) is 12.2. The number of hydrogen-bond donors (Lipinski definition) is 2. The molecule has 11 heteroatoms. The summed E-state index contributed by atoms with van der Waals surface area (Å²) >= 11 is 0. The number of aryl methyl sites for hydroxylation is 1. The molecule has 2 N–H and O–H groups in total. The van der Waals surface area contributed by atoms with Gasteiger partial charge in [-0.3, -0.25) is 4.79 Å².